The van der Waals surface area contributed by atoms with Crippen molar-refractivity contribution in [3.8, 4) is 0 Å². The molecular weight excluding hydrogens is 406 g/mol. The molecule has 1 heterocycles. The summed E-state index contributed by atoms with van der Waals surface area (Å²) in [5.41, 5.74) is -0.553. The van der Waals surface area contributed by atoms with Crippen LogP contribution in [0.25, 0.3) is 0 Å². The van der Waals surface area contributed by atoms with Gasteiger partial charge in [-0.15, -0.1) is 0 Å². The Morgan fingerprint density at radius 3 is 2.60 bits per heavy atom. The van der Waals surface area contributed by atoms with Crippen molar-refractivity contribution in [1.82, 2.24) is 14.9 Å². The average Bonchev–Trinajstić information content (AvgIpc) is 3.14. The molecule has 1 aromatic rings. The third kappa shape index (κ3) is 9.12. The maximum absolute atomic E-state index is 12.4. The first-order valence-electron chi connectivity index (χ1n) is 11.1. The molecule has 1 saturated carbocycles. The molecule has 2 rings (SSSR count). The second-order valence-corrected chi connectivity index (χ2v) is 11.3. The van der Waals surface area contributed by atoms with Crippen molar-refractivity contribution < 1.29 is 22.5 Å². The van der Waals surface area contributed by atoms with Crippen molar-refractivity contribution in [3.05, 3.63) is 11.7 Å². The van der Waals surface area contributed by atoms with Crippen LogP contribution in [0.4, 0.5) is 0 Å². The minimum Gasteiger partial charge on any atom is -0.460 e. The average molecular weight is 444 g/mol. The SMILES string of the molecule is CCS(=O)(=O)NCc1noc([C@H](CCCC2CCCCC2)CC(=O)OC(C)(C)C)n1. The first-order valence-corrected chi connectivity index (χ1v) is 12.7. The fourth-order valence-corrected chi connectivity index (χ4v) is 4.36. The Balaban J connectivity index is 1.99. The molecule has 0 bridgehead atoms. The Hall–Kier alpha value is -1.48. The highest BCUT2D eigenvalue weighted by molar-refractivity contribution is 7.89. The molecule has 0 radical (unpaired) electrons. The van der Waals surface area contributed by atoms with Crippen molar-refractivity contribution >= 4 is 16.0 Å². The first kappa shape index (κ1) is 24.8. The Morgan fingerprint density at radius 2 is 1.97 bits per heavy atom. The smallest absolute Gasteiger partial charge is 0.307 e. The normalized spacial score (nSPS) is 17.1. The number of nitrogens with one attached hydrogen (secondary N) is 1. The van der Waals surface area contributed by atoms with E-state index in [0.717, 1.165) is 25.2 Å². The van der Waals surface area contributed by atoms with Gasteiger partial charge in [-0.25, -0.2) is 13.1 Å². The summed E-state index contributed by atoms with van der Waals surface area (Å²) in [7, 11) is -3.34. The summed E-state index contributed by atoms with van der Waals surface area (Å²) in [6.45, 7) is 7.06. The van der Waals surface area contributed by atoms with Gasteiger partial charge in [0.2, 0.25) is 15.9 Å². The van der Waals surface area contributed by atoms with E-state index >= 15 is 0 Å². The van der Waals surface area contributed by atoms with Crippen molar-refractivity contribution in [2.75, 3.05) is 5.75 Å². The molecule has 1 aliphatic carbocycles. The van der Waals surface area contributed by atoms with Crippen LogP contribution in [0.1, 0.15) is 103 Å². The maximum atomic E-state index is 12.4. The summed E-state index contributed by atoms with van der Waals surface area (Å²) in [5, 5.41) is 3.89. The molecule has 30 heavy (non-hydrogen) atoms. The minimum absolute atomic E-state index is 0.0137. The van der Waals surface area contributed by atoms with Crippen LogP contribution >= 0.6 is 0 Å². The zero-order chi connectivity index (χ0) is 22.2. The van der Waals surface area contributed by atoms with Crippen LogP contribution < -0.4 is 4.72 Å². The van der Waals surface area contributed by atoms with Crippen LogP contribution in [0.2, 0.25) is 0 Å². The van der Waals surface area contributed by atoms with Crippen LogP contribution in [0, 0.1) is 5.92 Å². The zero-order valence-corrected chi connectivity index (χ0v) is 19.6. The Kier molecular flexibility index (Phi) is 9.28. The number of hydrogen-bond acceptors (Lipinski definition) is 7. The fourth-order valence-electron chi connectivity index (χ4n) is 3.81. The molecule has 0 amide bonds. The van der Waals surface area contributed by atoms with E-state index in [1.54, 1.807) is 6.92 Å². The Labute approximate surface area is 180 Å². The van der Waals surface area contributed by atoms with Gasteiger partial charge in [-0.05, 0) is 40.0 Å². The first-order chi connectivity index (χ1) is 14.1. The summed E-state index contributed by atoms with van der Waals surface area (Å²) in [6.07, 6.45) is 9.60. The molecule has 0 unspecified atom stereocenters. The molecule has 1 fully saturated rings. The monoisotopic (exact) mass is 443 g/mol. The quantitative estimate of drug-likeness (QED) is 0.513. The van der Waals surface area contributed by atoms with Crippen molar-refractivity contribution in [2.24, 2.45) is 5.92 Å². The number of carbonyl (C=O) groups excluding carboxylic acids is 1. The van der Waals surface area contributed by atoms with Gasteiger partial charge in [0.15, 0.2) is 5.82 Å². The molecule has 1 atom stereocenters. The predicted molar refractivity (Wildman–Crippen MR) is 114 cm³/mol. The van der Waals surface area contributed by atoms with E-state index in [0.29, 0.717) is 5.89 Å². The van der Waals surface area contributed by atoms with Gasteiger partial charge in [-0.2, -0.15) is 4.98 Å². The van der Waals surface area contributed by atoms with Crippen LogP contribution in [0.3, 0.4) is 0 Å². The van der Waals surface area contributed by atoms with Gasteiger partial charge in [-0.3, -0.25) is 4.79 Å². The molecule has 172 valence electrons. The second kappa shape index (κ2) is 11.2. The van der Waals surface area contributed by atoms with E-state index in [4.69, 9.17) is 9.26 Å². The van der Waals surface area contributed by atoms with E-state index in [1.807, 2.05) is 20.8 Å². The number of hydrogen-bond donors (Lipinski definition) is 1. The van der Waals surface area contributed by atoms with Crippen molar-refractivity contribution in [1.29, 1.82) is 0 Å². The van der Waals surface area contributed by atoms with Crippen molar-refractivity contribution in [2.45, 2.75) is 104 Å². The standard InChI is InChI=1S/C21H37N3O5S/c1-5-30(26,27)22-15-18-23-20(29-24-18)17(14-19(25)28-21(2,3)4)13-9-12-16-10-7-6-8-11-16/h16-17,22H,5-15H2,1-4H3/t17-/m1/s1. The third-order valence-corrected chi connectivity index (χ3v) is 6.73. The summed E-state index contributed by atoms with van der Waals surface area (Å²) in [4.78, 5) is 16.8. The highest BCUT2D eigenvalue weighted by Crippen LogP contribution is 2.31. The van der Waals surface area contributed by atoms with Gasteiger partial charge < -0.3 is 9.26 Å². The summed E-state index contributed by atoms with van der Waals surface area (Å²) < 4.78 is 36.6. The zero-order valence-electron chi connectivity index (χ0n) is 18.8. The number of nitrogens with zero attached hydrogens (tertiary/aromatic N) is 2. The molecule has 9 heteroatoms. The topological polar surface area (TPSA) is 111 Å². The second-order valence-electron chi connectivity index (χ2n) is 9.20. The van der Waals surface area contributed by atoms with Crippen molar-refractivity contribution in [3.63, 3.8) is 0 Å². The van der Waals surface area contributed by atoms with Gasteiger partial charge in [0.05, 0.1) is 18.7 Å². The highest BCUT2D eigenvalue weighted by atomic mass is 32.2. The molecule has 0 spiro atoms. The number of aromatic nitrogens is 2. The van der Waals surface area contributed by atoms with Crippen LogP contribution in [-0.2, 0) is 26.1 Å². The molecule has 1 aliphatic rings. The molecular formula is C21H37N3O5S. The number of rotatable bonds is 11. The molecule has 0 aliphatic heterocycles. The minimum atomic E-state index is -3.34. The van der Waals surface area contributed by atoms with E-state index in [1.165, 1.54) is 32.1 Å². The molecule has 0 aromatic carbocycles. The highest BCUT2D eigenvalue weighted by Gasteiger charge is 2.26. The Morgan fingerprint density at radius 1 is 1.27 bits per heavy atom. The van der Waals surface area contributed by atoms with Gasteiger partial charge in [0.1, 0.15) is 5.60 Å². The largest absolute Gasteiger partial charge is 0.460 e. The van der Waals surface area contributed by atoms with Crippen LogP contribution in [0.5, 0.6) is 0 Å². The third-order valence-electron chi connectivity index (χ3n) is 5.39. The summed E-state index contributed by atoms with van der Waals surface area (Å²) >= 11 is 0. The van der Waals surface area contributed by atoms with Gasteiger partial charge in [0, 0.05) is 5.92 Å². The number of esters is 1. The number of sulfonamides is 1. The van der Waals surface area contributed by atoms with E-state index in [2.05, 4.69) is 14.9 Å². The molecule has 0 saturated heterocycles. The lowest BCUT2D eigenvalue weighted by Gasteiger charge is -2.23. The predicted octanol–water partition coefficient (Wildman–Crippen LogP) is 4.07. The van der Waals surface area contributed by atoms with Gasteiger partial charge >= 0.3 is 5.97 Å². The van der Waals surface area contributed by atoms with E-state index < -0.39 is 15.6 Å². The Bertz CT molecular complexity index is 764. The number of ether oxygens (including phenoxy) is 1. The van der Waals surface area contributed by atoms with Crippen LogP contribution in [0.15, 0.2) is 4.52 Å². The van der Waals surface area contributed by atoms with Gasteiger partial charge in [-0.1, -0.05) is 50.1 Å². The maximum Gasteiger partial charge on any atom is 0.307 e. The lowest BCUT2D eigenvalue weighted by molar-refractivity contribution is -0.155. The van der Waals surface area contributed by atoms with E-state index in [-0.39, 0.29) is 36.4 Å². The summed E-state index contributed by atoms with van der Waals surface area (Å²) in [6, 6.07) is 0. The lowest BCUT2D eigenvalue weighted by atomic mass is 9.84. The number of carbonyl (C=O) groups is 1. The van der Waals surface area contributed by atoms with Gasteiger partial charge in [0.25, 0.3) is 0 Å². The van der Waals surface area contributed by atoms with Crippen LogP contribution in [-0.4, -0.2) is 35.9 Å². The molecule has 1 N–H and O–H groups in total. The summed E-state index contributed by atoms with van der Waals surface area (Å²) in [5.74, 6) is 0.866. The molecule has 1 aromatic heterocycles. The van der Waals surface area contributed by atoms with E-state index in [9.17, 15) is 13.2 Å². The molecule has 8 nitrogen and oxygen atoms in total. The fraction of sp³-hybridized carbons (Fsp3) is 0.857. The lowest BCUT2D eigenvalue weighted by Crippen LogP contribution is -2.25.